The lowest BCUT2D eigenvalue weighted by atomic mass is 10.2. The van der Waals surface area contributed by atoms with Crippen LogP contribution >= 0.6 is 0 Å². The molecule has 144 valence electrons. The van der Waals surface area contributed by atoms with Gasteiger partial charge in [0.05, 0.1) is 18.1 Å². The van der Waals surface area contributed by atoms with Crippen LogP contribution in [0.4, 0.5) is 0 Å². The summed E-state index contributed by atoms with van der Waals surface area (Å²) >= 11 is 0. The molecule has 10 heteroatoms. The van der Waals surface area contributed by atoms with Crippen LogP contribution < -0.4 is 11.0 Å². The van der Waals surface area contributed by atoms with Crippen LogP contribution in [0.25, 0.3) is 0 Å². The average molecular weight is 392 g/mol. The minimum absolute atomic E-state index is 0.142. The highest BCUT2D eigenvalue weighted by atomic mass is 32.2. The van der Waals surface area contributed by atoms with Crippen molar-refractivity contribution in [3.05, 3.63) is 58.8 Å². The second-order valence-electron chi connectivity index (χ2n) is 5.89. The lowest BCUT2D eigenvalue weighted by molar-refractivity contribution is 0.0730. The minimum Gasteiger partial charge on any atom is -0.379 e. The van der Waals surface area contributed by atoms with E-state index in [-0.39, 0.29) is 23.0 Å². The van der Waals surface area contributed by atoms with Crippen LogP contribution in [0.2, 0.25) is 0 Å². The van der Waals surface area contributed by atoms with Gasteiger partial charge in [0.1, 0.15) is 0 Å². The van der Waals surface area contributed by atoms with Gasteiger partial charge in [-0.3, -0.25) is 9.36 Å². The predicted octanol–water partition coefficient (Wildman–Crippen LogP) is -0.306. The van der Waals surface area contributed by atoms with Gasteiger partial charge in [-0.25, -0.2) is 18.2 Å². The van der Waals surface area contributed by atoms with E-state index in [2.05, 4.69) is 10.3 Å². The van der Waals surface area contributed by atoms with Crippen LogP contribution in [-0.2, 0) is 21.3 Å². The quantitative estimate of drug-likeness (QED) is 0.722. The zero-order valence-electron chi connectivity index (χ0n) is 14.6. The van der Waals surface area contributed by atoms with E-state index in [1.54, 1.807) is 12.3 Å². The molecule has 1 aliphatic heterocycles. The number of morpholine rings is 1. The van der Waals surface area contributed by atoms with Crippen molar-refractivity contribution in [2.45, 2.75) is 11.4 Å². The molecular formula is C17H20N4O5S. The van der Waals surface area contributed by atoms with Crippen molar-refractivity contribution in [3.63, 3.8) is 0 Å². The first-order chi connectivity index (χ1) is 13.0. The number of benzene rings is 1. The van der Waals surface area contributed by atoms with Crippen LogP contribution in [0.5, 0.6) is 0 Å². The molecule has 1 N–H and O–H groups in total. The normalized spacial score (nSPS) is 15.4. The van der Waals surface area contributed by atoms with E-state index in [0.717, 1.165) is 0 Å². The maximum atomic E-state index is 12.6. The van der Waals surface area contributed by atoms with Crippen molar-refractivity contribution in [2.24, 2.45) is 0 Å². The number of aromatic nitrogens is 2. The van der Waals surface area contributed by atoms with Crippen molar-refractivity contribution in [1.29, 1.82) is 0 Å². The molecule has 1 amide bonds. The predicted molar refractivity (Wildman–Crippen MR) is 96.9 cm³/mol. The van der Waals surface area contributed by atoms with Crippen molar-refractivity contribution >= 4 is 15.9 Å². The van der Waals surface area contributed by atoms with Crippen LogP contribution in [0.3, 0.4) is 0 Å². The lowest BCUT2D eigenvalue weighted by Crippen LogP contribution is -2.40. The largest absolute Gasteiger partial charge is 0.379 e. The molecule has 1 saturated heterocycles. The number of ether oxygens (including phenoxy) is 1. The van der Waals surface area contributed by atoms with Gasteiger partial charge in [0.2, 0.25) is 10.0 Å². The molecule has 0 unspecified atom stereocenters. The first-order valence-electron chi connectivity index (χ1n) is 8.46. The highest BCUT2D eigenvalue weighted by molar-refractivity contribution is 7.89. The number of rotatable bonds is 6. The fourth-order valence-corrected chi connectivity index (χ4v) is 4.07. The summed E-state index contributed by atoms with van der Waals surface area (Å²) in [5.74, 6) is -0.345. The monoisotopic (exact) mass is 392 g/mol. The molecule has 0 atom stereocenters. The summed E-state index contributed by atoms with van der Waals surface area (Å²) in [5, 5.41) is 2.69. The van der Waals surface area contributed by atoms with Crippen LogP contribution in [-0.4, -0.2) is 61.0 Å². The van der Waals surface area contributed by atoms with Crippen molar-refractivity contribution < 1.29 is 17.9 Å². The Kier molecular flexibility index (Phi) is 5.99. The molecule has 3 rings (SSSR count). The highest BCUT2D eigenvalue weighted by Crippen LogP contribution is 2.17. The molecule has 2 aromatic rings. The number of nitrogens with zero attached hydrogens (tertiary/aromatic N) is 3. The van der Waals surface area contributed by atoms with E-state index in [4.69, 9.17) is 4.74 Å². The highest BCUT2D eigenvalue weighted by Gasteiger charge is 2.26. The fraction of sp³-hybridized carbons (Fsp3) is 0.353. The summed E-state index contributed by atoms with van der Waals surface area (Å²) in [6.07, 6.45) is 3.00. The van der Waals surface area contributed by atoms with E-state index in [1.165, 1.54) is 39.3 Å². The molecular weight excluding hydrogens is 372 g/mol. The van der Waals surface area contributed by atoms with Gasteiger partial charge >= 0.3 is 5.69 Å². The Labute approximate surface area is 156 Å². The second kappa shape index (κ2) is 8.42. The van der Waals surface area contributed by atoms with Gasteiger partial charge < -0.3 is 10.1 Å². The zero-order chi connectivity index (χ0) is 19.3. The molecule has 1 fully saturated rings. The summed E-state index contributed by atoms with van der Waals surface area (Å²) in [6.45, 7) is 1.93. The molecule has 1 aromatic carbocycles. The van der Waals surface area contributed by atoms with Crippen molar-refractivity contribution in [1.82, 2.24) is 19.2 Å². The van der Waals surface area contributed by atoms with Crippen LogP contribution in [0, 0.1) is 0 Å². The Morgan fingerprint density at radius 3 is 2.56 bits per heavy atom. The van der Waals surface area contributed by atoms with Gasteiger partial charge in [0, 0.05) is 44.1 Å². The van der Waals surface area contributed by atoms with E-state index in [1.807, 2.05) is 0 Å². The Hall–Kier alpha value is -2.56. The number of sulfonamides is 1. The van der Waals surface area contributed by atoms with Gasteiger partial charge in [-0.1, -0.05) is 0 Å². The third-order valence-electron chi connectivity index (χ3n) is 4.15. The molecule has 0 bridgehead atoms. The van der Waals surface area contributed by atoms with Crippen molar-refractivity contribution in [3.8, 4) is 0 Å². The molecule has 0 saturated carbocycles. The van der Waals surface area contributed by atoms with Crippen LogP contribution in [0.15, 0.2) is 52.4 Å². The topological polar surface area (TPSA) is 111 Å². The number of hydrogen-bond donors (Lipinski definition) is 1. The van der Waals surface area contributed by atoms with Crippen molar-refractivity contribution in [2.75, 3.05) is 32.8 Å². The molecule has 0 aliphatic carbocycles. The molecule has 27 heavy (non-hydrogen) atoms. The first kappa shape index (κ1) is 19.2. The summed E-state index contributed by atoms with van der Waals surface area (Å²) < 4.78 is 33.1. The summed E-state index contributed by atoms with van der Waals surface area (Å²) in [6, 6.07) is 7.42. The van der Waals surface area contributed by atoms with Gasteiger partial charge in [0.15, 0.2) is 0 Å². The average Bonchev–Trinajstić information content (AvgIpc) is 2.70. The summed E-state index contributed by atoms with van der Waals surface area (Å²) in [4.78, 5) is 27.5. The van der Waals surface area contributed by atoms with Gasteiger partial charge in [-0.2, -0.15) is 4.31 Å². The van der Waals surface area contributed by atoms with Gasteiger partial charge in [0.25, 0.3) is 5.91 Å². The molecule has 0 radical (unpaired) electrons. The third kappa shape index (κ3) is 4.59. The smallest absolute Gasteiger partial charge is 0.347 e. The number of carbonyl (C=O) groups is 1. The Morgan fingerprint density at radius 2 is 1.89 bits per heavy atom. The SMILES string of the molecule is O=C(NCCn1cccnc1=O)c1ccc(S(=O)(=O)N2CCOCC2)cc1. The van der Waals surface area contributed by atoms with E-state index >= 15 is 0 Å². The molecule has 1 aliphatic rings. The Balaban J connectivity index is 1.60. The third-order valence-corrected chi connectivity index (χ3v) is 6.06. The minimum atomic E-state index is -3.59. The number of nitrogens with one attached hydrogen (secondary N) is 1. The Morgan fingerprint density at radius 1 is 1.19 bits per heavy atom. The van der Waals surface area contributed by atoms with Gasteiger partial charge in [-0.15, -0.1) is 0 Å². The molecule has 0 spiro atoms. The number of amides is 1. The zero-order valence-corrected chi connectivity index (χ0v) is 15.4. The maximum absolute atomic E-state index is 12.6. The van der Waals surface area contributed by atoms with Crippen LogP contribution in [0.1, 0.15) is 10.4 Å². The first-order valence-corrected chi connectivity index (χ1v) is 9.90. The lowest BCUT2D eigenvalue weighted by Gasteiger charge is -2.26. The van der Waals surface area contributed by atoms with E-state index in [0.29, 0.717) is 38.4 Å². The van der Waals surface area contributed by atoms with E-state index < -0.39 is 10.0 Å². The molecule has 1 aromatic heterocycles. The Bertz CT molecular complexity index is 950. The number of hydrogen-bond acceptors (Lipinski definition) is 6. The standard InChI is InChI=1S/C17H20N4O5S/c22-16(18-7-9-20-8-1-6-19-17(20)23)14-2-4-15(5-3-14)27(24,25)21-10-12-26-13-11-21/h1-6,8H,7,9-13H2,(H,18,22). The van der Waals surface area contributed by atoms with Gasteiger partial charge in [-0.05, 0) is 30.3 Å². The maximum Gasteiger partial charge on any atom is 0.347 e. The summed E-state index contributed by atoms with van der Waals surface area (Å²) in [7, 11) is -3.59. The summed E-state index contributed by atoms with van der Waals surface area (Å²) in [5.41, 5.74) is -0.0427. The fourth-order valence-electron chi connectivity index (χ4n) is 2.66. The molecule has 2 heterocycles. The number of carbonyl (C=O) groups excluding carboxylic acids is 1. The molecule has 9 nitrogen and oxygen atoms in total. The second-order valence-corrected chi connectivity index (χ2v) is 7.83. The van der Waals surface area contributed by atoms with E-state index in [9.17, 15) is 18.0 Å².